The number of rotatable bonds is 3. The number of hydrogen-bond donors (Lipinski definition) is 1. The monoisotopic (exact) mass is 336 g/mol. The van der Waals surface area contributed by atoms with E-state index in [2.05, 4.69) is 15.9 Å². The predicted molar refractivity (Wildman–Crippen MR) is 82.3 cm³/mol. The summed E-state index contributed by atoms with van der Waals surface area (Å²) in [5.41, 5.74) is 7.22. The van der Waals surface area contributed by atoms with Crippen LogP contribution in [0.25, 0.3) is 0 Å². The summed E-state index contributed by atoms with van der Waals surface area (Å²) in [4.78, 5) is 14.0. The minimum Gasteiger partial charge on any atom is -0.399 e. The molecule has 0 bridgehead atoms. The third-order valence-corrected chi connectivity index (χ3v) is 3.31. The maximum atomic E-state index is 13.3. The molecule has 0 heterocycles. The molecule has 0 saturated carbocycles. The van der Waals surface area contributed by atoms with E-state index in [-0.39, 0.29) is 11.7 Å². The minimum atomic E-state index is -0.373. The van der Waals surface area contributed by atoms with Crippen LogP contribution in [0.5, 0.6) is 0 Å². The lowest BCUT2D eigenvalue weighted by atomic mass is 10.1. The molecule has 20 heavy (non-hydrogen) atoms. The van der Waals surface area contributed by atoms with Gasteiger partial charge in [0.2, 0.25) is 0 Å². The van der Waals surface area contributed by atoms with Crippen molar-refractivity contribution >= 4 is 33.2 Å². The van der Waals surface area contributed by atoms with Gasteiger partial charge in [0.1, 0.15) is 5.82 Å². The van der Waals surface area contributed by atoms with Gasteiger partial charge in [0, 0.05) is 28.0 Å². The van der Waals surface area contributed by atoms with Gasteiger partial charge in [-0.1, -0.05) is 22.0 Å². The van der Waals surface area contributed by atoms with E-state index in [4.69, 9.17) is 5.73 Å². The topological polar surface area (TPSA) is 46.3 Å². The Hall–Kier alpha value is -1.88. The number of nitrogen functional groups attached to an aromatic ring is 1. The third kappa shape index (κ3) is 3.17. The molecule has 0 aromatic heterocycles. The highest BCUT2D eigenvalue weighted by Gasteiger charge is 2.17. The minimum absolute atomic E-state index is 0.217. The summed E-state index contributed by atoms with van der Waals surface area (Å²) in [6, 6.07) is 11.0. The van der Waals surface area contributed by atoms with Crippen LogP contribution < -0.4 is 10.6 Å². The molecular formula is C15H14BrFN2O. The van der Waals surface area contributed by atoms with E-state index >= 15 is 0 Å². The van der Waals surface area contributed by atoms with Gasteiger partial charge >= 0.3 is 0 Å². The van der Waals surface area contributed by atoms with Crippen molar-refractivity contribution in [1.29, 1.82) is 0 Å². The van der Waals surface area contributed by atoms with Crippen molar-refractivity contribution < 1.29 is 9.18 Å². The first-order valence-corrected chi connectivity index (χ1v) is 6.94. The number of nitrogens with zero attached hydrogens (tertiary/aromatic N) is 1. The van der Waals surface area contributed by atoms with E-state index in [9.17, 15) is 9.18 Å². The summed E-state index contributed by atoms with van der Waals surface area (Å²) >= 11 is 3.31. The quantitative estimate of drug-likeness (QED) is 0.865. The first-order valence-electron chi connectivity index (χ1n) is 6.14. The van der Waals surface area contributed by atoms with Crippen LogP contribution in [0.2, 0.25) is 0 Å². The SMILES string of the molecule is CCN(C(=O)c1cc(N)cc(Br)c1)c1cccc(F)c1. The lowest BCUT2D eigenvalue weighted by Gasteiger charge is -2.21. The molecule has 1 amide bonds. The summed E-state index contributed by atoms with van der Waals surface area (Å²) in [5, 5.41) is 0. The zero-order valence-electron chi connectivity index (χ0n) is 10.9. The number of hydrogen-bond acceptors (Lipinski definition) is 2. The van der Waals surface area contributed by atoms with E-state index < -0.39 is 0 Å². The Labute approximate surface area is 125 Å². The largest absolute Gasteiger partial charge is 0.399 e. The molecule has 3 nitrogen and oxygen atoms in total. The highest BCUT2D eigenvalue weighted by atomic mass is 79.9. The number of benzene rings is 2. The van der Waals surface area contributed by atoms with Crippen LogP contribution in [0.15, 0.2) is 46.9 Å². The Bertz CT molecular complexity index is 625. The van der Waals surface area contributed by atoms with E-state index in [1.807, 2.05) is 6.92 Å². The highest BCUT2D eigenvalue weighted by Crippen LogP contribution is 2.22. The molecule has 0 aliphatic carbocycles. The maximum Gasteiger partial charge on any atom is 0.258 e. The number of carbonyl (C=O) groups is 1. The lowest BCUT2D eigenvalue weighted by Crippen LogP contribution is -2.30. The van der Waals surface area contributed by atoms with Gasteiger partial charge in [0.05, 0.1) is 0 Å². The fraction of sp³-hybridized carbons (Fsp3) is 0.133. The molecule has 0 aliphatic rings. The van der Waals surface area contributed by atoms with E-state index in [0.717, 1.165) is 4.47 Å². The summed E-state index contributed by atoms with van der Waals surface area (Å²) in [7, 11) is 0. The third-order valence-electron chi connectivity index (χ3n) is 2.85. The van der Waals surface area contributed by atoms with Crippen LogP contribution in [-0.2, 0) is 0 Å². The zero-order chi connectivity index (χ0) is 14.7. The number of halogens is 2. The van der Waals surface area contributed by atoms with Gasteiger partial charge in [-0.3, -0.25) is 4.79 Å². The number of anilines is 2. The Morgan fingerprint density at radius 1 is 1.30 bits per heavy atom. The van der Waals surface area contributed by atoms with Crippen molar-refractivity contribution in [3.8, 4) is 0 Å². The van der Waals surface area contributed by atoms with Crippen molar-refractivity contribution in [2.75, 3.05) is 17.2 Å². The summed E-state index contributed by atoms with van der Waals surface area (Å²) in [5.74, 6) is -0.589. The van der Waals surface area contributed by atoms with Crippen molar-refractivity contribution in [1.82, 2.24) is 0 Å². The second-order valence-electron chi connectivity index (χ2n) is 4.30. The zero-order valence-corrected chi connectivity index (χ0v) is 12.5. The molecule has 2 aromatic carbocycles. The smallest absolute Gasteiger partial charge is 0.258 e. The van der Waals surface area contributed by atoms with Crippen LogP contribution in [0.3, 0.4) is 0 Å². The van der Waals surface area contributed by atoms with Crippen LogP contribution in [0, 0.1) is 5.82 Å². The normalized spacial score (nSPS) is 10.3. The van der Waals surface area contributed by atoms with Crippen molar-refractivity contribution in [2.45, 2.75) is 6.92 Å². The standard InChI is InChI=1S/C15H14BrFN2O/c1-2-19(14-5-3-4-12(17)9-14)15(20)10-6-11(16)8-13(18)7-10/h3-9H,2,18H2,1H3. The van der Waals surface area contributed by atoms with E-state index in [0.29, 0.717) is 23.5 Å². The molecule has 0 saturated heterocycles. The maximum absolute atomic E-state index is 13.3. The van der Waals surface area contributed by atoms with Crippen molar-refractivity contribution in [3.05, 3.63) is 58.3 Å². The fourth-order valence-electron chi connectivity index (χ4n) is 1.98. The Kier molecular flexibility index (Phi) is 4.39. The van der Waals surface area contributed by atoms with Gasteiger partial charge < -0.3 is 10.6 Å². The molecular weight excluding hydrogens is 323 g/mol. The fourth-order valence-corrected chi connectivity index (χ4v) is 2.49. The van der Waals surface area contributed by atoms with Crippen molar-refractivity contribution in [2.24, 2.45) is 0 Å². The number of carbonyl (C=O) groups excluding carboxylic acids is 1. The first kappa shape index (κ1) is 14.5. The molecule has 104 valence electrons. The molecule has 2 rings (SSSR count). The van der Waals surface area contributed by atoms with Gasteiger partial charge in [0.25, 0.3) is 5.91 Å². The molecule has 5 heteroatoms. The Balaban J connectivity index is 2.38. The summed E-state index contributed by atoms with van der Waals surface area (Å²) in [6.07, 6.45) is 0. The van der Waals surface area contributed by atoms with Gasteiger partial charge in [-0.15, -0.1) is 0 Å². The highest BCUT2D eigenvalue weighted by molar-refractivity contribution is 9.10. The van der Waals surface area contributed by atoms with Crippen LogP contribution in [-0.4, -0.2) is 12.5 Å². The molecule has 0 spiro atoms. The summed E-state index contributed by atoms with van der Waals surface area (Å²) in [6.45, 7) is 2.28. The van der Waals surface area contributed by atoms with Gasteiger partial charge in [0.15, 0.2) is 0 Å². The van der Waals surface area contributed by atoms with Gasteiger partial charge in [-0.2, -0.15) is 0 Å². The average molecular weight is 337 g/mol. The molecule has 0 unspecified atom stereocenters. The molecule has 2 aromatic rings. The molecule has 0 radical (unpaired) electrons. The average Bonchev–Trinajstić information content (AvgIpc) is 2.38. The molecule has 0 fully saturated rings. The van der Waals surface area contributed by atoms with Gasteiger partial charge in [-0.25, -0.2) is 4.39 Å². The second kappa shape index (κ2) is 6.05. The number of amides is 1. The lowest BCUT2D eigenvalue weighted by molar-refractivity contribution is 0.0988. The predicted octanol–water partition coefficient (Wildman–Crippen LogP) is 3.84. The summed E-state index contributed by atoms with van der Waals surface area (Å²) < 4.78 is 14.0. The van der Waals surface area contributed by atoms with Crippen LogP contribution in [0.4, 0.5) is 15.8 Å². The Morgan fingerprint density at radius 2 is 2.05 bits per heavy atom. The molecule has 0 atom stereocenters. The van der Waals surface area contributed by atoms with Crippen LogP contribution in [0.1, 0.15) is 17.3 Å². The second-order valence-corrected chi connectivity index (χ2v) is 5.22. The number of nitrogens with two attached hydrogens (primary N) is 1. The van der Waals surface area contributed by atoms with Crippen LogP contribution >= 0.6 is 15.9 Å². The molecule has 2 N–H and O–H groups in total. The first-order chi connectivity index (χ1) is 9.51. The van der Waals surface area contributed by atoms with Crippen molar-refractivity contribution in [3.63, 3.8) is 0 Å². The van der Waals surface area contributed by atoms with Gasteiger partial charge in [-0.05, 0) is 43.3 Å². The van der Waals surface area contributed by atoms with E-state index in [1.165, 1.54) is 17.0 Å². The van der Waals surface area contributed by atoms with E-state index in [1.54, 1.807) is 30.3 Å². The molecule has 0 aliphatic heterocycles. The Morgan fingerprint density at radius 3 is 2.65 bits per heavy atom.